The van der Waals surface area contributed by atoms with Gasteiger partial charge in [0, 0.05) is 0 Å². The molecular weight excluding hydrogens is 242 g/mol. The first-order valence-corrected chi connectivity index (χ1v) is 7.00. The van der Waals surface area contributed by atoms with Crippen LogP contribution in [0.2, 0.25) is 0 Å². The van der Waals surface area contributed by atoms with Crippen molar-refractivity contribution in [2.75, 3.05) is 6.61 Å². The minimum Gasteiger partial charge on any atom is -0.444 e. The predicted molar refractivity (Wildman–Crippen MR) is 76.1 cm³/mol. The Morgan fingerprint density at radius 2 is 2.21 bits per heavy atom. The molecule has 0 aromatic carbocycles. The Morgan fingerprint density at radius 3 is 2.63 bits per heavy atom. The number of amides is 1. The fraction of sp³-hybridized carbons (Fsp3) is 0.800. The highest BCUT2D eigenvalue weighted by Gasteiger charge is 2.33. The van der Waals surface area contributed by atoms with Crippen LogP contribution in [0, 0.1) is 5.92 Å². The lowest BCUT2D eigenvalue weighted by Gasteiger charge is -2.30. The van der Waals surface area contributed by atoms with Crippen molar-refractivity contribution < 1.29 is 14.3 Å². The first-order chi connectivity index (χ1) is 8.73. The van der Waals surface area contributed by atoms with Crippen molar-refractivity contribution in [3.05, 3.63) is 12.2 Å². The third-order valence-electron chi connectivity index (χ3n) is 3.33. The molecule has 1 heterocycles. The van der Waals surface area contributed by atoms with E-state index in [1.807, 2.05) is 20.8 Å². The highest BCUT2D eigenvalue weighted by Crippen LogP contribution is 2.25. The Labute approximate surface area is 116 Å². The molecule has 1 rings (SSSR count). The summed E-state index contributed by atoms with van der Waals surface area (Å²) in [6.07, 6.45) is 1.42. The zero-order valence-electron chi connectivity index (χ0n) is 12.8. The van der Waals surface area contributed by atoms with E-state index in [0.717, 1.165) is 18.4 Å². The second-order valence-electron chi connectivity index (χ2n) is 6.36. The van der Waals surface area contributed by atoms with E-state index in [9.17, 15) is 4.79 Å². The van der Waals surface area contributed by atoms with Crippen LogP contribution in [-0.4, -0.2) is 30.4 Å². The van der Waals surface area contributed by atoms with Gasteiger partial charge in [-0.3, -0.25) is 0 Å². The Kier molecular flexibility index (Phi) is 5.41. The number of carbonyl (C=O) groups is 1. The first kappa shape index (κ1) is 16.0. The van der Waals surface area contributed by atoms with Gasteiger partial charge >= 0.3 is 6.09 Å². The van der Waals surface area contributed by atoms with Crippen molar-refractivity contribution in [1.29, 1.82) is 0 Å². The monoisotopic (exact) mass is 269 g/mol. The number of nitrogens with one attached hydrogen (secondary N) is 1. The minimum absolute atomic E-state index is 0.00923. The van der Waals surface area contributed by atoms with Crippen molar-refractivity contribution in [3.63, 3.8) is 0 Å². The van der Waals surface area contributed by atoms with E-state index in [1.54, 1.807) is 0 Å². The minimum atomic E-state index is -0.482. The van der Waals surface area contributed by atoms with Crippen LogP contribution in [0.5, 0.6) is 0 Å². The molecule has 3 atom stereocenters. The third kappa shape index (κ3) is 5.23. The second kappa shape index (κ2) is 6.42. The van der Waals surface area contributed by atoms with Crippen LogP contribution in [0.1, 0.15) is 47.5 Å². The van der Waals surface area contributed by atoms with Gasteiger partial charge < -0.3 is 14.8 Å². The molecule has 0 aliphatic carbocycles. The van der Waals surface area contributed by atoms with Crippen LogP contribution >= 0.6 is 0 Å². The molecule has 0 bridgehead atoms. The fourth-order valence-corrected chi connectivity index (χ4v) is 2.16. The van der Waals surface area contributed by atoms with Gasteiger partial charge in [-0.2, -0.15) is 0 Å². The molecule has 1 fully saturated rings. The molecule has 4 nitrogen and oxygen atoms in total. The lowest BCUT2D eigenvalue weighted by atomic mass is 9.92. The number of rotatable bonds is 4. The van der Waals surface area contributed by atoms with Gasteiger partial charge in [-0.15, -0.1) is 0 Å². The van der Waals surface area contributed by atoms with Gasteiger partial charge in [-0.1, -0.05) is 26.8 Å². The molecule has 0 aromatic heterocycles. The van der Waals surface area contributed by atoms with Gasteiger partial charge in [0.05, 0.1) is 18.8 Å². The first-order valence-electron chi connectivity index (χ1n) is 7.00. The quantitative estimate of drug-likeness (QED) is 0.797. The average molecular weight is 269 g/mol. The standard InChI is InChI=1S/C15H27NO3/c1-7-11(3)13(12-8-10(2)9-18-12)16-14(17)19-15(4,5)6/h11-13H,2,7-9H2,1,3-6H3,(H,16,17)/t11?,12?,13-/m0/s1. The Bertz CT molecular complexity index is 333. The summed E-state index contributed by atoms with van der Waals surface area (Å²) in [5.41, 5.74) is 0.605. The summed E-state index contributed by atoms with van der Waals surface area (Å²) in [5.74, 6) is 0.336. The molecule has 1 aliphatic heterocycles. The van der Waals surface area contributed by atoms with Crippen molar-refractivity contribution in [2.45, 2.75) is 65.2 Å². The van der Waals surface area contributed by atoms with Crippen LogP contribution < -0.4 is 5.32 Å². The maximum atomic E-state index is 11.9. The summed E-state index contributed by atoms with van der Waals surface area (Å²) in [6, 6.07) is -0.0286. The van der Waals surface area contributed by atoms with E-state index in [1.165, 1.54) is 0 Å². The van der Waals surface area contributed by atoms with E-state index in [0.29, 0.717) is 12.5 Å². The van der Waals surface area contributed by atoms with Gasteiger partial charge in [0.15, 0.2) is 0 Å². The molecule has 1 saturated heterocycles. The van der Waals surface area contributed by atoms with Gasteiger partial charge in [0.2, 0.25) is 0 Å². The van der Waals surface area contributed by atoms with Crippen LogP contribution in [-0.2, 0) is 9.47 Å². The van der Waals surface area contributed by atoms with E-state index in [4.69, 9.17) is 9.47 Å². The molecule has 0 saturated carbocycles. The molecule has 1 amide bonds. The SMILES string of the molecule is C=C1COC([C@@H](NC(=O)OC(C)(C)C)C(C)CC)C1. The van der Waals surface area contributed by atoms with Crippen LogP contribution in [0.3, 0.4) is 0 Å². The highest BCUT2D eigenvalue weighted by atomic mass is 16.6. The van der Waals surface area contributed by atoms with Crippen molar-refractivity contribution in [2.24, 2.45) is 5.92 Å². The molecule has 1 N–H and O–H groups in total. The van der Waals surface area contributed by atoms with Gasteiger partial charge in [0.25, 0.3) is 0 Å². The third-order valence-corrected chi connectivity index (χ3v) is 3.33. The van der Waals surface area contributed by atoms with Crippen molar-refractivity contribution in [3.8, 4) is 0 Å². The van der Waals surface area contributed by atoms with Gasteiger partial charge in [0.1, 0.15) is 5.60 Å². The molecule has 2 unspecified atom stereocenters. The van der Waals surface area contributed by atoms with Gasteiger partial charge in [-0.05, 0) is 38.7 Å². The van der Waals surface area contributed by atoms with Gasteiger partial charge in [-0.25, -0.2) is 4.79 Å². The molecule has 19 heavy (non-hydrogen) atoms. The number of hydrogen-bond acceptors (Lipinski definition) is 3. The van der Waals surface area contributed by atoms with E-state index >= 15 is 0 Å². The molecule has 0 aromatic rings. The second-order valence-corrected chi connectivity index (χ2v) is 6.36. The number of ether oxygens (including phenoxy) is 2. The predicted octanol–water partition coefficient (Wildman–Crippen LogP) is 3.27. The molecule has 110 valence electrons. The normalized spacial score (nSPS) is 23.0. The Hall–Kier alpha value is -1.03. The topological polar surface area (TPSA) is 47.6 Å². The molecule has 0 radical (unpaired) electrons. The van der Waals surface area contributed by atoms with E-state index in [-0.39, 0.29) is 18.2 Å². The van der Waals surface area contributed by atoms with E-state index < -0.39 is 5.60 Å². The molecule has 1 aliphatic rings. The summed E-state index contributed by atoms with van der Waals surface area (Å²) in [5, 5.41) is 2.96. The number of hydrogen-bond donors (Lipinski definition) is 1. The molecule has 4 heteroatoms. The summed E-state index contributed by atoms with van der Waals surface area (Å²) in [6.45, 7) is 14.3. The summed E-state index contributed by atoms with van der Waals surface area (Å²) < 4.78 is 11.0. The fourth-order valence-electron chi connectivity index (χ4n) is 2.16. The van der Waals surface area contributed by atoms with Crippen molar-refractivity contribution >= 4 is 6.09 Å². The van der Waals surface area contributed by atoms with Crippen molar-refractivity contribution in [1.82, 2.24) is 5.32 Å². The average Bonchev–Trinajstić information content (AvgIpc) is 2.69. The Morgan fingerprint density at radius 1 is 1.58 bits per heavy atom. The zero-order valence-corrected chi connectivity index (χ0v) is 12.8. The van der Waals surface area contributed by atoms with Crippen LogP contribution in [0.4, 0.5) is 4.79 Å². The molecular formula is C15H27NO3. The summed E-state index contributed by atoms with van der Waals surface area (Å²) >= 11 is 0. The number of carbonyl (C=O) groups excluding carboxylic acids is 1. The summed E-state index contributed by atoms with van der Waals surface area (Å²) in [7, 11) is 0. The van der Waals surface area contributed by atoms with Crippen LogP contribution in [0.25, 0.3) is 0 Å². The van der Waals surface area contributed by atoms with Crippen LogP contribution in [0.15, 0.2) is 12.2 Å². The lowest BCUT2D eigenvalue weighted by Crippen LogP contribution is -2.48. The maximum Gasteiger partial charge on any atom is 0.407 e. The Balaban J connectivity index is 2.65. The lowest BCUT2D eigenvalue weighted by molar-refractivity contribution is 0.0286. The smallest absolute Gasteiger partial charge is 0.407 e. The highest BCUT2D eigenvalue weighted by molar-refractivity contribution is 5.68. The molecule has 0 spiro atoms. The zero-order chi connectivity index (χ0) is 14.6. The van der Waals surface area contributed by atoms with E-state index in [2.05, 4.69) is 25.7 Å². The maximum absolute atomic E-state index is 11.9. The summed E-state index contributed by atoms with van der Waals surface area (Å²) in [4.78, 5) is 11.9. The number of alkyl carbamates (subject to hydrolysis) is 1. The largest absolute Gasteiger partial charge is 0.444 e.